The molecule has 0 N–H and O–H groups in total. The molecular weight excluding hydrogens is 252 g/mol. The molecule has 0 aliphatic carbocycles. The number of hydrogen-bond acceptors (Lipinski definition) is 2. The zero-order chi connectivity index (χ0) is 11.3. The molecule has 1 heterocycles. The maximum atomic E-state index is 4.36. The van der Waals surface area contributed by atoms with E-state index in [9.17, 15) is 0 Å². The molecule has 84 valence electrons. The first kappa shape index (κ1) is 12.7. The van der Waals surface area contributed by atoms with Gasteiger partial charge in [0.1, 0.15) is 0 Å². The quantitative estimate of drug-likeness (QED) is 0.816. The number of rotatable bonds is 5. The van der Waals surface area contributed by atoms with Gasteiger partial charge in [0.15, 0.2) is 0 Å². The molecule has 0 spiro atoms. The van der Waals surface area contributed by atoms with Gasteiger partial charge in [0.25, 0.3) is 0 Å². The van der Waals surface area contributed by atoms with Crippen LogP contribution < -0.4 is 0 Å². The Bertz CT molecular complexity index is 284. The summed E-state index contributed by atoms with van der Waals surface area (Å²) in [4.78, 5) is 6.69. The van der Waals surface area contributed by atoms with Gasteiger partial charge >= 0.3 is 0 Å². The second-order valence-corrected chi connectivity index (χ2v) is 5.09. The van der Waals surface area contributed by atoms with E-state index in [0.717, 1.165) is 29.2 Å². The van der Waals surface area contributed by atoms with Crippen LogP contribution in [0.25, 0.3) is 0 Å². The molecule has 0 saturated heterocycles. The normalized spacial score (nSPS) is 13.1. The number of nitrogens with zero attached hydrogens (tertiary/aromatic N) is 2. The van der Waals surface area contributed by atoms with Crippen molar-refractivity contribution in [3.05, 3.63) is 28.5 Å². The smallest absolute Gasteiger partial charge is 0.0544 e. The molecule has 1 rings (SSSR count). The maximum absolute atomic E-state index is 4.36. The van der Waals surface area contributed by atoms with E-state index in [-0.39, 0.29) is 0 Å². The lowest BCUT2D eigenvalue weighted by Gasteiger charge is -2.19. The molecule has 0 aliphatic heterocycles. The fraction of sp³-hybridized carbons (Fsp3) is 0.583. The van der Waals surface area contributed by atoms with Crippen molar-refractivity contribution in [1.29, 1.82) is 0 Å². The molecule has 0 bridgehead atoms. The Balaban J connectivity index is 2.44. The predicted octanol–water partition coefficient (Wildman–Crippen LogP) is 3.32. The van der Waals surface area contributed by atoms with Crippen molar-refractivity contribution in [2.75, 3.05) is 13.6 Å². The lowest BCUT2D eigenvalue weighted by atomic mass is 10.1. The summed E-state index contributed by atoms with van der Waals surface area (Å²) in [6.07, 6.45) is 3.09. The Hall–Kier alpha value is -0.410. The van der Waals surface area contributed by atoms with Gasteiger partial charge in [-0.3, -0.25) is 4.98 Å². The van der Waals surface area contributed by atoms with Gasteiger partial charge in [-0.25, -0.2) is 0 Å². The molecule has 0 saturated carbocycles. The van der Waals surface area contributed by atoms with Crippen LogP contribution in [-0.4, -0.2) is 23.5 Å². The van der Waals surface area contributed by atoms with E-state index in [1.807, 2.05) is 12.3 Å². The summed E-state index contributed by atoms with van der Waals surface area (Å²) < 4.78 is 1.04. The number of halogens is 1. The molecule has 1 unspecified atom stereocenters. The molecule has 0 radical (unpaired) electrons. The number of pyridine rings is 1. The third-order valence-electron chi connectivity index (χ3n) is 2.54. The molecule has 1 atom stereocenters. The lowest BCUT2D eigenvalue weighted by Crippen LogP contribution is -2.24. The second kappa shape index (κ2) is 6.23. The minimum Gasteiger partial charge on any atom is -0.300 e. The highest BCUT2D eigenvalue weighted by molar-refractivity contribution is 9.10. The van der Waals surface area contributed by atoms with Crippen molar-refractivity contribution < 1.29 is 0 Å². The van der Waals surface area contributed by atoms with E-state index >= 15 is 0 Å². The van der Waals surface area contributed by atoms with Gasteiger partial charge < -0.3 is 4.90 Å². The van der Waals surface area contributed by atoms with Gasteiger partial charge in [0.05, 0.1) is 5.69 Å². The zero-order valence-electron chi connectivity index (χ0n) is 9.70. The summed E-state index contributed by atoms with van der Waals surface area (Å²) in [6, 6.07) is 4.11. The first-order valence-corrected chi connectivity index (χ1v) is 6.20. The van der Waals surface area contributed by atoms with E-state index in [1.165, 1.54) is 6.42 Å². The zero-order valence-corrected chi connectivity index (χ0v) is 11.3. The first-order chi connectivity index (χ1) is 7.11. The average Bonchev–Trinajstić information content (AvgIpc) is 2.21. The van der Waals surface area contributed by atoms with Crippen molar-refractivity contribution in [3.8, 4) is 0 Å². The molecule has 0 amide bonds. The molecule has 1 aromatic heterocycles. The maximum Gasteiger partial charge on any atom is 0.0544 e. The van der Waals surface area contributed by atoms with Gasteiger partial charge in [-0.15, -0.1) is 0 Å². The SMILES string of the molecule is CCC(C)CN(C)Cc1ccc(Br)cn1. The number of aromatic nitrogens is 1. The lowest BCUT2D eigenvalue weighted by molar-refractivity contribution is 0.272. The topological polar surface area (TPSA) is 16.1 Å². The van der Waals surface area contributed by atoms with Crippen LogP contribution in [-0.2, 0) is 6.54 Å². The molecule has 0 aromatic carbocycles. The average molecular weight is 271 g/mol. The van der Waals surface area contributed by atoms with E-state index in [4.69, 9.17) is 0 Å². The highest BCUT2D eigenvalue weighted by atomic mass is 79.9. The third kappa shape index (κ3) is 4.76. The highest BCUT2D eigenvalue weighted by Crippen LogP contribution is 2.10. The summed E-state index contributed by atoms with van der Waals surface area (Å²) in [7, 11) is 2.15. The summed E-state index contributed by atoms with van der Waals surface area (Å²) in [5, 5.41) is 0. The van der Waals surface area contributed by atoms with Crippen molar-refractivity contribution in [1.82, 2.24) is 9.88 Å². The Morgan fingerprint density at radius 1 is 1.47 bits per heavy atom. The van der Waals surface area contributed by atoms with Gasteiger partial charge in [0.2, 0.25) is 0 Å². The van der Waals surface area contributed by atoms with Crippen LogP contribution in [0.1, 0.15) is 26.0 Å². The van der Waals surface area contributed by atoms with E-state index < -0.39 is 0 Å². The van der Waals surface area contributed by atoms with Gasteiger partial charge in [-0.2, -0.15) is 0 Å². The van der Waals surface area contributed by atoms with Crippen LogP contribution in [0, 0.1) is 5.92 Å². The molecule has 0 aliphatic rings. The molecule has 0 fully saturated rings. The Morgan fingerprint density at radius 3 is 2.73 bits per heavy atom. The second-order valence-electron chi connectivity index (χ2n) is 4.18. The van der Waals surface area contributed by atoms with E-state index in [2.05, 4.69) is 52.8 Å². The summed E-state index contributed by atoms with van der Waals surface area (Å²) in [5.41, 5.74) is 1.13. The van der Waals surface area contributed by atoms with Crippen LogP contribution >= 0.6 is 15.9 Å². The van der Waals surface area contributed by atoms with E-state index in [0.29, 0.717) is 0 Å². The Morgan fingerprint density at radius 2 is 2.20 bits per heavy atom. The van der Waals surface area contributed by atoms with Gasteiger partial charge in [0, 0.05) is 23.8 Å². The summed E-state index contributed by atoms with van der Waals surface area (Å²) >= 11 is 3.39. The van der Waals surface area contributed by atoms with Crippen LogP contribution in [0.4, 0.5) is 0 Å². The predicted molar refractivity (Wildman–Crippen MR) is 67.7 cm³/mol. The molecular formula is C12H19BrN2. The van der Waals surface area contributed by atoms with Crippen molar-refractivity contribution in [2.24, 2.45) is 5.92 Å². The Kier molecular flexibility index (Phi) is 5.26. The Labute approximate surface area is 101 Å². The van der Waals surface area contributed by atoms with Gasteiger partial charge in [-0.1, -0.05) is 20.3 Å². The third-order valence-corrected chi connectivity index (χ3v) is 3.01. The van der Waals surface area contributed by atoms with E-state index in [1.54, 1.807) is 0 Å². The van der Waals surface area contributed by atoms with Crippen LogP contribution in [0.5, 0.6) is 0 Å². The minimum absolute atomic E-state index is 0.755. The monoisotopic (exact) mass is 270 g/mol. The van der Waals surface area contributed by atoms with Gasteiger partial charge in [-0.05, 0) is 41.0 Å². The van der Waals surface area contributed by atoms with Crippen molar-refractivity contribution in [2.45, 2.75) is 26.8 Å². The number of hydrogen-bond donors (Lipinski definition) is 0. The fourth-order valence-electron chi connectivity index (χ4n) is 1.50. The molecule has 15 heavy (non-hydrogen) atoms. The first-order valence-electron chi connectivity index (χ1n) is 5.40. The standard InChI is InChI=1S/C12H19BrN2/c1-4-10(2)8-15(3)9-12-6-5-11(13)7-14-12/h5-7,10H,4,8-9H2,1-3H3. The van der Waals surface area contributed by atoms with Crippen LogP contribution in [0.3, 0.4) is 0 Å². The summed E-state index contributed by atoms with van der Waals surface area (Å²) in [6.45, 7) is 6.58. The summed E-state index contributed by atoms with van der Waals surface area (Å²) in [5.74, 6) is 0.755. The molecule has 3 heteroatoms. The van der Waals surface area contributed by atoms with Crippen LogP contribution in [0.2, 0.25) is 0 Å². The fourth-order valence-corrected chi connectivity index (χ4v) is 1.74. The minimum atomic E-state index is 0.755. The highest BCUT2D eigenvalue weighted by Gasteiger charge is 2.05. The van der Waals surface area contributed by atoms with Crippen LogP contribution in [0.15, 0.2) is 22.8 Å². The molecule has 2 nitrogen and oxygen atoms in total. The van der Waals surface area contributed by atoms with Crippen molar-refractivity contribution >= 4 is 15.9 Å². The molecule has 1 aromatic rings. The van der Waals surface area contributed by atoms with Crippen molar-refractivity contribution in [3.63, 3.8) is 0 Å². The largest absolute Gasteiger partial charge is 0.300 e.